The van der Waals surface area contributed by atoms with Crippen molar-refractivity contribution in [2.45, 2.75) is 26.2 Å². The van der Waals surface area contributed by atoms with Crippen molar-refractivity contribution in [3.63, 3.8) is 0 Å². The number of benzene rings is 2. The van der Waals surface area contributed by atoms with Crippen molar-refractivity contribution >= 4 is 10.9 Å². The summed E-state index contributed by atoms with van der Waals surface area (Å²) in [6, 6.07) is 12.2. The number of rotatable bonds is 8. The number of methoxy groups -OCH3 is 2. The number of H-pyrrole nitrogens is 2. The van der Waals surface area contributed by atoms with Crippen molar-refractivity contribution in [3.8, 4) is 34.1 Å². The highest BCUT2D eigenvalue weighted by atomic mass is 16.5. The Balaban J connectivity index is 1.47. The summed E-state index contributed by atoms with van der Waals surface area (Å²) < 4.78 is 16.4. The maximum atomic E-state index is 5.50. The van der Waals surface area contributed by atoms with Gasteiger partial charge in [0.05, 0.1) is 20.5 Å². The van der Waals surface area contributed by atoms with Gasteiger partial charge >= 0.3 is 0 Å². The molecule has 5 rings (SSSR count). The maximum absolute atomic E-state index is 5.50. The summed E-state index contributed by atoms with van der Waals surface area (Å²) in [5, 5.41) is 5.35. The van der Waals surface area contributed by atoms with Gasteiger partial charge in [0.1, 0.15) is 0 Å². The van der Waals surface area contributed by atoms with Crippen LogP contribution in [0.1, 0.15) is 24.1 Å². The standard InChI is InChI=1S/C25H25N5O3/c1-4-18-19-11-16(25-29-23(33-30-25)10-7-17-13-26-14-27-17)5-8-20(19)28-24(18)15-6-9-21(31-2)22(12-15)32-3/h5-6,8-9,11-14,28H,4,7,10H2,1-3H3,(H,26,27). The van der Waals surface area contributed by atoms with E-state index >= 15 is 0 Å². The molecule has 0 radical (unpaired) electrons. The third kappa shape index (κ3) is 3.95. The van der Waals surface area contributed by atoms with E-state index in [0.29, 0.717) is 29.6 Å². The van der Waals surface area contributed by atoms with Crippen molar-refractivity contribution in [2.24, 2.45) is 0 Å². The van der Waals surface area contributed by atoms with Crippen LogP contribution in [0.2, 0.25) is 0 Å². The number of hydrogen-bond donors (Lipinski definition) is 2. The first-order valence-corrected chi connectivity index (χ1v) is 10.9. The SMILES string of the molecule is CCc1c(-c2ccc(OC)c(OC)c2)[nH]c2ccc(-c3noc(CCc4cnc[nH]4)n3)cc12. The number of hydrogen-bond acceptors (Lipinski definition) is 6. The smallest absolute Gasteiger partial charge is 0.227 e. The fourth-order valence-corrected chi connectivity index (χ4v) is 4.13. The molecule has 0 spiro atoms. The highest BCUT2D eigenvalue weighted by molar-refractivity contribution is 5.93. The van der Waals surface area contributed by atoms with Gasteiger partial charge in [-0.1, -0.05) is 12.1 Å². The number of aromatic nitrogens is 5. The molecule has 5 aromatic rings. The molecule has 2 aromatic carbocycles. The van der Waals surface area contributed by atoms with Crippen LogP contribution in [0.5, 0.6) is 11.5 Å². The molecule has 0 saturated carbocycles. The lowest BCUT2D eigenvalue weighted by Crippen LogP contribution is -1.92. The molecule has 8 nitrogen and oxygen atoms in total. The fourth-order valence-electron chi connectivity index (χ4n) is 4.13. The zero-order valence-electron chi connectivity index (χ0n) is 18.8. The summed E-state index contributed by atoms with van der Waals surface area (Å²) >= 11 is 0. The van der Waals surface area contributed by atoms with E-state index in [1.54, 1.807) is 26.7 Å². The van der Waals surface area contributed by atoms with Crippen molar-refractivity contribution in [2.75, 3.05) is 14.2 Å². The minimum Gasteiger partial charge on any atom is -0.493 e. The van der Waals surface area contributed by atoms with E-state index in [0.717, 1.165) is 46.3 Å². The Morgan fingerprint density at radius 2 is 1.82 bits per heavy atom. The quantitative estimate of drug-likeness (QED) is 0.351. The molecule has 3 heterocycles. The number of aromatic amines is 2. The van der Waals surface area contributed by atoms with Gasteiger partial charge in [0.15, 0.2) is 11.5 Å². The number of imidazole rings is 1. The van der Waals surface area contributed by atoms with E-state index in [4.69, 9.17) is 14.0 Å². The summed E-state index contributed by atoms with van der Waals surface area (Å²) in [6.45, 7) is 2.15. The van der Waals surface area contributed by atoms with E-state index in [1.165, 1.54) is 5.56 Å². The molecule has 0 aliphatic rings. The van der Waals surface area contributed by atoms with Crippen LogP contribution in [0.3, 0.4) is 0 Å². The summed E-state index contributed by atoms with van der Waals surface area (Å²) in [5.74, 6) is 2.60. The third-order valence-corrected chi connectivity index (χ3v) is 5.82. The summed E-state index contributed by atoms with van der Waals surface area (Å²) in [6.07, 6.45) is 5.77. The summed E-state index contributed by atoms with van der Waals surface area (Å²) in [7, 11) is 3.29. The largest absolute Gasteiger partial charge is 0.493 e. The van der Waals surface area contributed by atoms with E-state index in [-0.39, 0.29) is 0 Å². The molecule has 3 aromatic heterocycles. The Kier molecular flexibility index (Phi) is 5.56. The summed E-state index contributed by atoms with van der Waals surface area (Å²) in [4.78, 5) is 15.3. The van der Waals surface area contributed by atoms with Crippen LogP contribution in [-0.4, -0.2) is 39.3 Å². The average molecular weight is 444 g/mol. The van der Waals surface area contributed by atoms with Crippen LogP contribution < -0.4 is 9.47 Å². The van der Waals surface area contributed by atoms with Crippen LogP contribution in [-0.2, 0) is 19.3 Å². The first-order valence-electron chi connectivity index (χ1n) is 10.9. The van der Waals surface area contributed by atoms with Crippen molar-refractivity contribution in [1.29, 1.82) is 0 Å². The van der Waals surface area contributed by atoms with Gasteiger partial charge in [0.25, 0.3) is 0 Å². The van der Waals surface area contributed by atoms with Crippen molar-refractivity contribution < 1.29 is 14.0 Å². The molecular formula is C25H25N5O3. The molecule has 0 aliphatic carbocycles. The lowest BCUT2D eigenvalue weighted by atomic mass is 10.0. The topological polar surface area (TPSA) is 102 Å². The highest BCUT2D eigenvalue weighted by Gasteiger charge is 2.16. The van der Waals surface area contributed by atoms with E-state index in [1.807, 2.05) is 24.3 Å². The summed E-state index contributed by atoms with van der Waals surface area (Å²) in [5.41, 5.74) is 6.36. The molecule has 168 valence electrons. The molecule has 0 amide bonds. The monoisotopic (exact) mass is 443 g/mol. The van der Waals surface area contributed by atoms with Crippen LogP contribution >= 0.6 is 0 Å². The van der Waals surface area contributed by atoms with Crippen molar-refractivity contribution in [3.05, 3.63) is 66.1 Å². The lowest BCUT2D eigenvalue weighted by molar-refractivity contribution is 0.355. The van der Waals surface area contributed by atoms with Gasteiger partial charge in [0, 0.05) is 46.0 Å². The van der Waals surface area contributed by atoms with Gasteiger partial charge < -0.3 is 24.0 Å². The molecule has 0 aliphatic heterocycles. The van der Waals surface area contributed by atoms with Crippen LogP contribution in [0.25, 0.3) is 33.5 Å². The Morgan fingerprint density at radius 3 is 2.58 bits per heavy atom. The molecular weight excluding hydrogens is 418 g/mol. The Hall–Kier alpha value is -4.07. The zero-order valence-corrected chi connectivity index (χ0v) is 18.8. The molecule has 8 heteroatoms. The minimum absolute atomic E-state index is 0.590. The molecule has 0 unspecified atom stereocenters. The average Bonchev–Trinajstić information content (AvgIpc) is 3.61. The Morgan fingerprint density at radius 1 is 0.970 bits per heavy atom. The molecule has 0 saturated heterocycles. The van der Waals surface area contributed by atoms with Gasteiger partial charge in [0.2, 0.25) is 11.7 Å². The number of nitrogens with one attached hydrogen (secondary N) is 2. The molecule has 33 heavy (non-hydrogen) atoms. The normalized spacial score (nSPS) is 11.2. The van der Waals surface area contributed by atoms with Gasteiger partial charge in [-0.3, -0.25) is 0 Å². The van der Waals surface area contributed by atoms with Gasteiger partial charge in [-0.25, -0.2) is 4.98 Å². The van der Waals surface area contributed by atoms with Gasteiger partial charge in [-0.15, -0.1) is 0 Å². The number of fused-ring (bicyclic) bond motifs is 1. The molecule has 2 N–H and O–H groups in total. The van der Waals surface area contributed by atoms with Gasteiger partial charge in [-0.2, -0.15) is 4.98 Å². The predicted octanol–water partition coefficient (Wildman–Crippen LogP) is 4.97. The first kappa shape index (κ1) is 20.8. The predicted molar refractivity (Wildman–Crippen MR) is 126 cm³/mol. The third-order valence-electron chi connectivity index (χ3n) is 5.82. The second-order valence-electron chi connectivity index (χ2n) is 7.75. The molecule has 0 bridgehead atoms. The first-order chi connectivity index (χ1) is 16.2. The number of nitrogens with zero attached hydrogens (tertiary/aromatic N) is 3. The van der Waals surface area contributed by atoms with Crippen molar-refractivity contribution in [1.82, 2.24) is 25.1 Å². The number of aryl methyl sites for hydroxylation is 3. The highest BCUT2D eigenvalue weighted by Crippen LogP contribution is 2.37. The Labute approximate surface area is 191 Å². The van der Waals surface area contributed by atoms with Crippen LogP contribution in [0, 0.1) is 0 Å². The van der Waals surface area contributed by atoms with E-state index in [2.05, 4.69) is 44.1 Å². The van der Waals surface area contributed by atoms with Crippen LogP contribution in [0.15, 0.2) is 53.4 Å². The van der Waals surface area contributed by atoms with E-state index in [9.17, 15) is 0 Å². The van der Waals surface area contributed by atoms with E-state index < -0.39 is 0 Å². The second kappa shape index (κ2) is 8.82. The maximum Gasteiger partial charge on any atom is 0.227 e. The Bertz CT molecular complexity index is 1380. The van der Waals surface area contributed by atoms with Gasteiger partial charge in [-0.05, 0) is 54.8 Å². The fraction of sp³-hybridized carbons (Fsp3) is 0.240. The zero-order chi connectivity index (χ0) is 22.8. The minimum atomic E-state index is 0.590. The second-order valence-corrected chi connectivity index (χ2v) is 7.75. The molecule has 0 fully saturated rings. The van der Waals surface area contributed by atoms with Crippen LogP contribution in [0.4, 0.5) is 0 Å². The lowest BCUT2D eigenvalue weighted by Gasteiger charge is -2.10. The number of ether oxygens (including phenoxy) is 2. The molecule has 0 atom stereocenters.